The van der Waals surface area contributed by atoms with Crippen molar-refractivity contribution in [1.82, 2.24) is 0 Å². The van der Waals surface area contributed by atoms with Gasteiger partial charge in [0.05, 0.1) is 0 Å². The Morgan fingerprint density at radius 3 is 2.41 bits per heavy atom. The Hall–Kier alpha value is -0.120. The molecule has 2 N–H and O–H groups in total. The van der Waals surface area contributed by atoms with Crippen LogP contribution in [0.3, 0.4) is 0 Å². The highest BCUT2D eigenvalue weighted by Crippen LogP contribution is 2.33. The van der Waals surface area contributed by atoms with Gasteiger partial charge in [0.2, 0.25) is 0 Å². The number of nitrogens with two attached hydrogens (primary N) is 1. The predicted molar refractivity (Wildman–Crippen MR) is 74.9 cm³/mol. The monoisotopic (exact) mass is 321 g/mol. The van der Waals surface area contributed by atoms with E-state index in [1.165, 1.54) is 38.2 Å². The van der Waals surface area contributed by atoms with Crippen LogP contribution in [-0.2, 0) is 0 Å². The van der Waals surface area contributed by atoms with Crippen molar-refractivity contribution in [3.63, 3.8) is 0 Å². The fourth-order valence-corrected chi connectivity index (χ4v) is 3.02. The Morgan fingerprint density at radius 2 is 1.82 bits per heavy atom. The molecule has 1 aliphatic carbocycles. The van der Waals surface area contributed by atoms with Crippen LogP contribution in [0.2, 0.25) is 0 Å². The van der Waals surface area contributed by atoms with E-state index < -0.39 is 0 Å². The summed E-state index contributed by atoms with van der Waals surface area (Å²) in [5.41, 5.74) is 7.14. The second-order valence-corrected chi connectivity index (χ2v) is 5.54. The molecule has 1 saturated carbocycles. The van der Waals surface area contributed by atoms with Crippen LogP contribution in [0, 0.1) is 11.7 Å². The zero-order valence-electron chi connectivity index (χ0n) is 9.66. The maximum Gasteiger partial charge on any atom is 0.124 e. The van der Waals surface area contributed by atoms with Gasteiger partial charge in [0.1, 0.15) is 5.82 Å². The minimum atomic E-state index is -0.212. The lowest BCUT2D eigenvalue weighted by atomic mass is 9.81. The molecule has 0 bridgehead atoms. The fraction of sp³-hybridized carbons (Fsp3) is 0.538. The molecule has 0 radical (unpaired) electrons. The molecule has 4 heteroatoms. The fourth-order valence-electron chi connectivity index (χ4n) is 2.53. The van der Waals surface area contributed by atoms with Crippen LogP contribution in [0.1, 0.15) is 43.7 Å². The zero-order chi connectivity index (χ0) is 11.5. The molecule has 1 nitrogen and oxygen atoms in total. The molecule has 0 spiro atoms. The molecule has 1 aliphatic rings. The summed E-state index contributed by atoms with van der Waals surface area (Å²) in [7, 11) is 0. The normalized spacial score (nSPS) is 18.5. The Morgan fingerprint density at radius 1 is 1.18 bits per heavy atom. The summed E-state index contributed by atoms with van der Waals surface area (Å²) in [5, 5.41) is 0. The highest BCUT2D eigenvalue weighted by atomic mass is 79.9. The molecule has 0 saturated heterocycles. The molecule has 0 aliphatic heterocycles. The molecule has 17 heavy (non-hydrogen) atoms. The summed E-state index contributed by atoms with van der Waals surface area (Å²) in [6.07, 6.45) is 6.18. The van der Waals surface area contributed by atoms with Crippen molar-refractivity contribution in [2.75, 3.05) is 0 Å². The van der Waals surface area contributed by atoms with Gasteiger partial charge in [0.25, 0.3) is 0 Å². The Kier molecular flexibility index (Phi) is 5.90. The van der Waals surface area contributed by atoms with Crippen LogP contribution in [0.5, 0.6) is 0 Å². The lowest BCUT2D eigenvalue weighted by Gasteiger charge is -2.27. The van der Waals surface area contributed by atoms with Crippen molar-refractivity contribution in [2.45, 2.75) is 38.1 Å². The van der Waals surface area contributed by atoms with Gasteiger partial charge < -0.3 is 5.73 Å². The minimum absolute atomic E-state index is 0. The van der Waals surface area contributed by atoms with Crippen molar-refractivity contribution < 1.29 is 4.39 Å². The first-order valence-corrected chi connectivity index (χ1v) is 6.67. The molecular formula is C13H18BrClFN. The second-order valence-electron chi connectivity index (χ2n) is 4.63. The smallest absolute Gasteiger partial charge is 0.124 e. The highest BCUT2D eigenvalue weighted by Gasteiger charge is 2.22. The minimum Gasteiger partial charge on any atom is -0.324 e. The Bertz CT molecular complexity index is 346. The molecule has 2 rings (SSSR count). The van der Waals surface area contributed by atoms with Gasteiger partial charge in [-0.2, -0.15) is 0 Å². The van der Waals surface area contributed by atoms with E-state index >= 15 is 0 Å². The molecule has 1 atom stereocenters. The highest BCUT2D eigenvalue weighted by molar-refractivity contribution is 9.10. The zero-order valence-corrected chi connectivity index (χ0v) is 12.1. The van der Waals surface area contributed by atoms with E-state index in [4.69, 9.17) is 5.73 Å². The van der Waals surface area contributed by atoms with Gasteiger partial charge in [-0.25, -0.2) is 4.39 Å². The standard InChI is InChI=1S/C13H17BrFN.ClH/c14-11-6-10(7-12(15)8-11)13(16)9-4-2-1-3-5-9;/h6-9,13H,1-5,16H2;1H/t13-;/m0./s1. The quantitative estimate of drug-likeness (QED) is 0.846. The van der Waals surface area contributed by atoms with Gasteiger partial charge in [0, 0.05) is 10.5 Å². The average molecular weight is 323 g/mol. The number of benzene rings is 1. The number of rotatable bonds is 2. The lowest BCUT2D eigenvalue weighted by Crippen LogP contribution is -2.23. The molecule has 96 valence electrons. The van der Waals surface area contributed by atoms with Crippen LogP contribution in [0.4, 0.5) is 4.39 Å². The SMILES string of the molecule is Cl.N[C@H](c1cc(F)cc(Br)c1)C1CCCCC1. The van der Waals surface area contributed by atoms with Crippen molar-refractivity contribution in [3.05, 3.63) is 34.1 Å². The molecule has 1 aromatic rings. The summed E-state index contributed by atoms with van der Waals surface area (Å²) >= 11 is 3.31. The first kappa shape index (κ1) is 14.9. The summed E-state index contributed by atoms with van der Waals surface area (Å²) < 4.78 is 14.0. The van der Waals surface area contributed by atoms with Crippen molar-refractivity contribution in [1.29, 1.82) is 0 Å². The summed E-state index contributed by atoms with van der Waals surface area (Å²) in [4.78, 5) is 0. The van der Waals surface area contributed by atoms with E-state index in [1.807, 2.05) is 6.07 Å². The third-order valence-corrected chi connectivity index (χ3v) is 3.89. The summed E-state index contributed by atoms with van der Waals surface area (Å²) in [5.74, 6) is 0.304. The van der Waals surface area contributed by atoms with Crippen molar-refractivity contribution in [2.24, 2.45) is 11.7 Å². The summed E-state index contributed by atoms with van der Waals surface area (Å²) in [6, 6.07) is 4.94. The molecule has 0 amide bonds. The van der Waals surface area contributed by atoms with E-state index in [-0.39, 0.29) is 24.3 Å². The van der Waals surface area contributed by atoms with Gasteiger partial charge in [-0.3, -0.25) is 0 Å². The van der Waals surface area contributed by atoms with E-state index in [0.29, 0.717) is 5.92 Å². The molecule has 1 aromatic carbocycles. The van der Waals surface area contributed by atoms with Gasteiger partial charge in [-0.1, -0.05) is 35.2 Å². The van der Waals surface area contributed by atoms with Crippen molar-refractivity contribution >= 4 is 28.3 Å². The second kappa shape index (κ2) is 6.72. The van der Waals surface area contributed by atoms with Crippen LogP contribution in [0.25, 0.3) is 0 Å². The van der Waals surface area contributed by atoms with E-state index in [9.17, 15) is 4.39 Å². The maximum absolute atomic E-state index is 13.3. The van der Waals surface area contributed by atoms with Crippen LogP contribution >= 0.6 is 28.3 Å². The van der Waals surface area contributed by atoms with E-state index in [1.54, 1.807) is 6.07 Å². The van der Waals surface area contributed by atoms with Gasteiger partial charge >= 0.3 is 0 Å². The van der Waals surface area contributed by atoms with Crippen LogP contribution in [-0.4, -0.2) is 0 Å². The molecule has 0 unspecified atom stereocenters. The van der Waals surface area contributed by atoms with E-state index in [0.717, 1.165) is 10.0 Å². The largest absolute Gasteiger partial charge is 0.324 e. The topological polar surface area (TPSA) is 26.0 Å². The number of hydrogen-bond acceptors (Lipinski definition) is 1. The Labute approximate surface area is 117 Å². The lowest BCUT2D eigenvalue weighted by molar-refractivity contribution is 0.308. The van der Waals surface area contributed by atoms with E-state index in [2.05, 4.69) is 15.9 Å². The van der Waals surface area contributed by atoms with Gasteiger partial charge in [0.15, 0.2) is 0 Å². The first-order chi connectivity index (χ1) is 7.66. The molecular weight excluding hydrogens is 305 g/mol. The number of halogens is 3. The summed E-state index contributed by atoms with van der Waals surface area (Å²) in [6.45, 7) is 0. The molecule has 1 fully saturated rings. The van der Waals surface area contributed by atoms with Crippen molar-refractivity contribution in [3.8, 4) is 0 Å². The average Bonchev–Trinajstić information content (AvgIpc) is 2.28. The third-order valence-electron chi connectivity index (χ3n) is 3.43. The number of hydrogen-bond donors (Lipinski definition) is 1. The maximum atomic E-state index is 13.3. The third kappa shape index (κ3) is 3.94. The molecule has 0 aromatic heterocycles. The van der Waals surface area contributed by atoms with Gasteiger partial charge in [-0.05, 0) is 42.5 Å². The van der Waals surface area contributed by atoms with Crippen LogP contribution in [0.15, 0.2) is 22.7 Å². The predicted octanol–water partition coefficient (Wildman–Crippen LogP) is 4.59. The molecule has 0 heterocycles. The van der Waals surface area contributed by atoms with Gasteiger partial charge in [-0.15, -0.1) is 12.4 Å². The Balaban J connectivity index is 0.00000144. The van der Waals surface area contributed by atoms with Crippen LogP contribution < -0.4 is 5.73 Å². The first-order valence-electron chi connectivity index (χ1n) is 5.88.